The lowest BCUT2D eigenvalue weighted by atomic mass is 10.0. The minimum atomic E-state index is -0.313. The van der Waals surface area contributed by atoms with Gasteiger partial charge in [-0.15, -0.1) is 0 Å². The standard InChI is InChI=1S/C21H21FN4O2/c1-13(2)24-21(27)15-6-8-23-19(11-15)26-9-7-18-17(12-26)20(25-28-18)14-4-3-5-16(22)10-14/h3-6,8,10-11,13H,7,9,12H2,1-2H3,(H,24,27). The number of rotatable bonds is 4. The highest BCUT2D eigenvalue weighted by molar-refractivity contribution is 5.95. The fourth-order valence-corrected chi connectivity index (χ4v) is 3.35. The number of carbonyl (C=O) groups excluding carboxylic acids is 1. The molecule has 1 aromatic carbocycles. The number of fused-ring (bicyclic) bond motifs is 1. The van der Waals surface area contributed by atoms with Crippen molar-refractivity contribution in [3.63, 3.8) is 0 Å². The van der Waals surface area contributed by atoms with E-state index in [4.69, 9.17) is 4.52 Å². The predicted molar refractivity (Wildman–Crippen MR) is 103 cm³/mol. The molecule has 0 atom stereocenters. The van der Waals surface area contributed by atoms with Gasteiger partial charge in [0.05, 0.1) is 6.54 Å². The van der Waals surface area contributed by atoms with Gasteiger partial charge < -0.3 is 14.7 Å². The third kappa shape index (κ3) is 3.60. The molecule has 1 aliphatic heterocycles. The van der Waals surface area contributed by atoms with E-state index in [0.29, 0.717) is 42.1 Å². The summed E-state index contributed by atoms with van der Waals surface area (Å²) in [6.07, 6.45) is 2.31. The van der Waals surface area contributed by atoms with Crippen LogP contribution in [0.15, 0.2) is 47.1 Å². The van der Waals surface area contributed by atoms with Gasteiger partial charge in [-0.1, -0.05) is 17.3 Å². The zero-order valence-corrected chi connectivity index (χ0v) is 15.8. The lowest BCUT2D eigenvalue weighted by molar-refractivity contribution is 0.0943. The van der Waals surface area contributed by atoms with Crippen LogP contribution in [0.4, 0.5) is 10.2 Å². The number of anilines is 1. The molecule has 144 valence electrons. The summed E-state index contributed by atoms with van der Waals surface area (Å²) in [5.41, 5.74) is 2.83. The summed E-state index contributed by atoms with van der Waals surface area (Å²) in [5, 5.41) is 7.05. The molecule has 0 radical (unpaired) electrons. The van der Waals surface area contributed by atoms with Gasteiger partial charge in [0.25, 0.3) is 5.91 Å². The first-order valence-corrected chi connectivity index (χ1v) is 9.26. The molecule has 2 aromatic heterocycles. The molecule has 4 rings (SSSR count). The highest BCUT2D eigenvalue weighted by Crippen LogP contribution is 2.31. The highest BCUT2D eigenvalue weighted by Gasteiger charge is 2.26. The second kappa shape index (κ2) is 7.42. The maximum Gasteiger partial charge on any atom is 0.251 e. The van der Waals surface area contributed by atoms with Crippen molar-refractivity contribution in [1.82, 2.24) is 15.5 Å². The zero-order chi connectivity index (χ0) is 19.7. The third-order valence-corrected chi connectivity index (χ3v) is 4.68. The Bertz CT molecular complexity index is 1020. The van der Waals surface area contributed by atoms with E-state index in [9.17, 15) is 9.18 Å². The Labute approximate surface area is 162 Å². The Morgan fingerprint density at radius 1 is 1.29 bits per heavy atom. The number of nitrogens with zero attached hydrogens (tertiary/aromatic N) is 3. The van der Waals surface area contributed by atoms with Gasteiger partial charge in [-0.2, -0.15) is 0 Å². The molecule has 0 fully saturated rings. The average Bonchev–Trinajstić information content (AvgIpc) is 3.11. The highest BCUT2D eigenvalue weighted by atomic mass is 19.1. The number of nitrogens with one attached hydrogen (secondary N) is 1. The second-order valence-corrected chi connectivity index (χ2v) is 7.15. The van der Waals surface area contributed by atoms with Crippen LogP contribution in [0.2, 0.25) is 0 Å². The van der Waals surface area contributed by atoms with Crippen molar-refractivity contribution in [2.75, 3.05) is 11.4 Å². The minimum absolute atomic E-state index is 0.0625. The van der Waals surface area contributed by atoms with E-state index < -0.39 is 0 Å². The molecule has 0 saturated heterocycles. The number of aromatic nitrogens is 2. The van der Waals surface area contributed by atoms with Crippen molar-refractivity contribution < 1.29 is 13.7 Å². The first kappa shape index (κ1) is 18.2. The lowest BCUT2D eigenvalue weighted by Crippen LogP contribution is -2.32. The first-order valence-electron chi connectivity index (χ1n) is 9.26. The quantitative estimate of drug-likeness (QED) is 0.749. The summed E-state index contributed by atoms with van der Waals surface area (Å²) in [6.45, 7) is 5.08. The average molecular weight is 380 g/mol. The monoisotopic (exact) mass is 380 g/mol. The molecule has 3 aromatic rings. The summed E-state index contributed by atoms with van der Waals surface area (Å²) in [5.74, 6) is 1.09. The van der Waals surface area contributed by atoms with Crippen molar-refractivity contribution in [1.29, 1.82) is 0 Å². The van der Waals surface area contributed by atoms with Crippen LogP contribution in [-0.4, -0.2) is 28.6 Å². The lowest BCUT2D eigenvalue weighted by Gasteiger charge is -2.27. The molecule has 0 bridgehead atoms. The second-order valence-electron chi connectivity index (χ2n) is 7.15. The van der Waals surface area contributed by atoms with Crippen molar-refractivity contribution in [2.24, 2.45) is 0 Å². The Kier molecular flexibility index (Phi) is 4.81. The van der Waals surface area contributed by atoms with Gasteiger partial charge >= 0.3 is 0 Å². The van der Waals surface area contributed by atoms with Crippen LogP contribution in [0.5, 0.6) is 0 Å². The summed E-state index contributed by atoms with van der Waals surface area (Å²) in [4.78, 5) is 18.8. The number of pyridine rings is 1. The van der Waals surface area contributed by atoms with Crippen molar-refractivity contribution in [3.05, 3.63) is 65.3 Å². The van der Waals surface area contributed by atoms with E-state index in [0.717, 1.165) is 11.3 Å². The van der Waals surface area contributed by atoms with Gasteiger partial charge in [0, 0.05) is 41.9 Å². The van der Waals surface area contributed by atoms with E-state index in [1.165, 1.54) is 12.1 Å². The molecular formula is C21H21FN4O2. The van der Waals surface area contributed by atoms with Crippen LogP contribution < -0.4 is 10.2 Å². The van der Waals surface area contributed by atoms with E-state index in [1.54, 1.807) is 24.4 Å². The summed E-state index contributed by atoms with van der Waals surface area (Å²) in [6, 6.07) is 9.88. The third-order valence-electron chi connectivity index (χ3n) is 4.68. The Morgan fingerprint density at radius 2 is 2.14 bits per heavy atom. The van der Waals surface area contributed by atoms with Gasteiger partial charge in [-0.25, -0.2) is 9.37 Å². The minimum Gasteiger partial charge on any atom is -0.360 e. The van der Waals surface area contributed by atoms with Crippen molar-refractivity contribution >= 4 is 11.7 Å². The van der Waals surface area contributed by atoms with E-state index >= 15 is 0 Å². The first-order chi connectivity index (χ1) is 13.5. The summed E-state index contributed by atoms with van der Waals surface area (Å²) in [7, 11) is 0. The van der Waals surface area contributed by atoms with Crippen LogP contribution in [0.25, 0.3) is 11.3 Å². The maximum atomic E-state index is 13.6. The number of amides is 1. The Hall–Kier alpha value is -3.22. The van der Waals surface area contributed by atoms with Gasteiger partial charge in [0.2, 0.25) is 0 Å². The molecule has 1 N–H and O–H groups in total. The number of carbonyl (C=O) groups is 1. The smallest absolute Gasteiger partial charge is 0.251 e. The SMILES string of the molecule is CC(C)NC(=O)c1ccnc(N2CCc3onc(-c4cccc(F)c4)c3C2)c1. The molecule has 0 spiro atoms. The number of halogens is 1. The molecule has 0 unspecified atom stereocenters. The van der Waals surface area contributed by atoms with Crippen molar-refractivity contribution in [3.8, 4) is 11.3 Å². The van der Waals surface area contributed by atoms with Gasteiger partial charge in [-0.05, 0) is 38.1 Å². The molecule has 0 aliphatic carbocycles. The molecule has 3 heterocycles. The summed E-state index contributed by atoms with van der Waals surface area (Å²) < 4.78 is 19.1. The van der Waals surface area contributed by atoms with Gasteiger partial charge in [0.1, 0.15) is 23.1 Å². The van der Waals surface area contributed by atoms with Crippen LogP contribution in [-0.2, 0) is 13.0 Å². The number of hydrogen-bond acceptors (Lipinski definition) is 5. The largest absolute Gasteiger partial charge is 0.360 e. The van der Waals surface area contributed by atoms with Gasteiger partial charge in [-0.3, -0.25) is 4.79 Å². The molecular weight excluding hydrogens is 359 g/mol. The molecule has 6 nitrogen and oxygen atoms in total. The topological polar surface area (TPSA) is 71.3 Å². The fraction of sp³-hybridized carbons (Fsp3) is 0.286. The predicted octanol–water partition coefficient (Wildman–Crippen LogP) is 3.58. The van der Waals surface area contributed by atoms with Crippen molar-refractivity contribution in [2.45, 2.75) is 32.9 Å². The maximum absolute atomic E-state index is 13.6. The van der Waals surface area contributed by atoms with Crippen LogP contribution >= 0.6 is 0 Å². The molecule has 1 aliphatic rings. The summed E-state index contributed by atoms with van der Waals surface area (Å²) >= 11 is 0. The number of benzene rings is 1. The normalized spacial score (nSPS) is 13.5. The van der Waals surface area contributed by atoms with E-state index in [1.807, 2.05) is 19.9 Å². The zero-order valence-electron chi connectivity index (χ0n) is 15.8. The Balaban J connectivity index is 1.61. The molecule has 1 amide bonds. The van der Waals surface area contributed by atoms with Gasteiger partial charge in [0.15, 0.2) is 0 Å². The molecule has 28 heavy (non-hydrogen) atoms. The van der Waals surface area contributed by atoms with E-state index in [-0.39, 0.29) is 17.8 Å². The van der Waals surface area contributed by atoms with Crippen LogP contribution in [0, 0.1) is 5.82 Å². The van der Waals surface area contributed by atoms with Crippen LogP contribution in [0.1, 0.15) is 35.5 Å². The number of hydrogen-bond donors (Lipinski definition) is 1. The Morgan fingerprint density at radius 3 is 2.93 bits per heavy atom. The van der Waals surface area contributed by atoms with E-state index in [2.05, 4.69) is 20.4 Å². The molecule has 0 saturated carbocycles. The molecule has 7 heteroatoms. The van der Waals surface area contributed by atoms with Crippen LogP contribution in [0.3, 0.4) is 0 Å². The fourth-order valence-electron chi connectivity index (χ4n) is 3.35.